The Morgan fingerprint density at radius 3 is 0.963 bits per heavy atom. The molecule has 566 valence electrons. The number of pyridine rings is 6. The number of carboxylic acids is 1. The molecule has 0 saturated heterocycles. The van der Waals surface area contributed by atoms with E-state index in [1.165, 1.54) is 46.9 Å². The van der Waals surface area contributed by atoms with Gasteiger partial charge in [0, 0.05) is 361 Å². The van der Waals surface area contributed by atoms with Crippen molar-refractivity contribution in [1.82, 2.24) is 29.9 Å². The van der Waals surface area contributed by atoms with Crippen LogP contribution in [-0.4, -0.2) is 71.8 Å². The van der Waals surface area contributed by atoms with Crippen molar-refractivity contribution in [3.05, 3.63) is 244 Å². The van der Waals surface area contributed by atoms with Crippen molar-refractivity contribution in [1.29, 1.82) is 21.0 Å². The van der Waals surface area contributed by atoms with E-state index in [9.17, 15) is 29.1 Å². The van der Waals surface area contributed by atoms with Gasteiger partial charge >= 0.3 is 11.9 Å². The Kier molecular flexibility index (Phi) is 46.0. The van der Waals surface area contributed by atoms with E-state index in [2.05, 4.69) is 158 Å². The Morgan fingerprint density at radius 1 is 0.385 bits per heavy atom. The van der Waals surface area contributed by atoms with E-state index < -0.39 is 29.6 Å². The molecule has 27 heteroatoms. The first-order chi connectivity index (χ1) is 49.7. The normalized spacial score (nSPS) is 11.3. The summed E-state index contributed by atoms with van der Waals surface area (Å²) in [5.41, 5.74) is 27.6. The molecule has 0 radical (unpaired) electrons. The number of esters is 1. The number of carbonyl (C=O) groups excluding carboxylic acids is 4. The fourth-order valence-corrected chi connectivity index (χ4v) is 12.7. The number of aromatic nitrogens is 6. The number of ether oxygens (including phenoxy) is 1. The van der Waals surface area contributed by atoms with Crippen molar-refractivity contribution in [2.75, 3.05) is 7.11 Å². The molecule has 0 aliphatic rings. The minimum Gasteiger partial charge on any atom is -0.478 e. The number of amides is 3. The van der Waals surface area contributed by atoms with E-state index >= 15 is 0 Å². The Balaban J connectivity index is 0.000000436. The van der Waals surface area contributed by atoms with E-state index in [-0.39, 0.29) is 323 Å². The predicted molar refractivity (Wildman–Crippen MR) is 422 cm³/mol. The zero-order valence-corrected chi connectivity index (χ0v) is 77.6. The third kappa shape index (κ3) is 28.1. The number of benzene rings is 6. The molecule has 6 heterocycles. The number of aromatic carboxylic acids is 1. The van der Waals surface area contributed by atoms with Crippen LogP contribution in [-0.2, 0) is 14.3 Å². The summed E-state index contributed by atoms with van der Waals surface area (Å²) in [6.45, 7) is 24.1. The Labute approximate surface area is 907 Å². The summed E-state index contributed by atoms with van der Waals surface area (Å²) >= 11 is 10.3. The molecule has 109 heavy (non-hydrogen) atoms. The number of aryl methyl sites for hydroxylation is 7. The zero-order chi connectivity index (χ0) is 77.8. The average Bonchev–Trinajstić information content (AvgIpc) is 0.810. The maximum Gasteiger partial charge on any atom is 0.336 e. The van der Waals surface area contributed by atoms with Crippen molar-refractivity contribution < 1.29 is 321 Å². The maximum atomic E-state index is 11.5. The van der Waals surface area contributed by atoms with Gasteiger partial charge in [-0.15, -0.1) is 0 Å². The third-order valence-electron chi connectivity index (χ3n) is 17.1. The number of hydrogen-bond acceptors (Lipinski definition) is 16. The minimum atomic E-state index is -0.971. The molecule has 0 aliphatic heterocycles. The number of nitrogens with zero attached hydrogens (tertiary/aromatic N) is 10. The van der Waals surface area contributed by atoms with Crippen LogP contribution in [0.5, 0.6) is 0 Å². The van der Waals surface area contributed by atoms with Gasteiger partial charge in [-0.1, -0.05) is 91.0 Å². The van der Waals surface area contributed by atoms with Crippen molar-refractivity contribution in [2.24, 2.45) is 17.2 Å². The van der Waals surface area contributed by atoms with Crippen molar-refractivity contribution >= 4 is 142 Å². The summed E-state index contributed by atoms with van der Waals surface area (Å²) in [6.07, 6.45) is 0. The minimum absolute atomic E-state index is 0. The van der Waals surface area contributed by atoms with Crippen LogP contribution >= 0.6 is 47.8 Å². The second-order valence-electron chi connectivity index (χ2n) is 24.6. The van der Waals surface area contributed by atoms with Crippen LogP contribution in [0.3, 0.4) is 0 Å². The van der Waals surface area contributed by atoms with Gasteiger partial charge in [0.1, 0.15) is 13.8 Å². The van der Waals surface area contributed by atoms with E-state index in [1.54, 1.807) is 75.4 Å². The molecule has 12 aromatic rings. The summed E-state index contributed by atoms with van der Waals surface area (Å²) in [7, 11) is 1.35. The number of rotatable bonds is 9. The summed E-state index contributed by atoms with van der Waals surface area (Å²) < 4.78 is 6.67. The molecule has 12 rings (SSSR count). The quantitative estimate of drug-likeness (QED) is 0.0770. The van der Waals surface area contributed by atoms with Gasteiger partial charge in [-0.05, 0) is 234 Å². The zero-order valence-electron chi connectivity index (χ0n) is 61.9. The second kappa shape index (κ2) is 49.2. The fourth-order valence-electron chi connectivity index (χ4n) is 10.9. The summed E-state index contributed by atoms with van der Waals surface area (Å²) in [5.74, 6) is -4.15. The van der Waals surface area contributed by atoms with Crippen LogP contribution < -0.4 is 17.2 Å². The molecule has 7 N–H and O–H groups in total. The van der Waals surface area contributed by atoms with Crippen LogP contribution in [0.15, 0.2) is 159 Å². The first-order valence-electron chi connectivity index (χ1n) is 32.8. The molecular formula is C82H78Br3N13O7Rn4. The molecule has 5 unspecified atom stereocenters. The Morgan fingerprint density at radius 2 is 0.642 bits per heavy atom. The average molecular weight is 2490 g/mol. The van der Waals surface area contributed by atoms with Crippen molar-refractivity contribution in [3.63, 3.8) is 0 Å². The van der Waals surface area contributed by atoms with Gasteiger partial charge in [0.15, 0.2) is 0 Å². The summed E-state index contributed by atoms with van der Waals surface area (Å²) in [4.78, 5) is 81.2. The summed E-state index contributed by atoms with van der Waals surface area (Å²) in [5, 5.41) is 56.5. The first-order valence-corrected chi connectivity index (χ1v) is 35.2. The monoisotopic (exact) mass is 2480 g/mol. The number of methoxy groups -OCH3 is 1. The van der Waals surface area contributed by atoms with E-state index in [0.29, 0.717) is 39.0 Å². The fraction of sp³-hybridized carbons (Fsp3) is 0.232. The van der Waals surface area contributed by atoms with Crippen LogP contribution in [0, 0.1) is 381 Å². The molecular weight excluding hydrogens is 2410 g/mol. The van der Waals surface area contributed by atoms with Gasteiger partial charge in [0.2, 0.25) is 17.7 Å². The first kappa shape index (κ1) is 102. The molecule has 20 nitrogen and oxygen atoms in total. The number of nitrogens with two attached hydrogens (primary N) is 3. The Bertz CT molecular complexity index is 5310. The van der Waals surface area contributed by atoms with Gasteiger partial charge in [-0.3, -0.25) is 39.1 Å². The number of fused-ring (bicyclic) bond motifs is 6. The molecule has 0 aliphatic carbocycles. The van der Waals surface area contributed by atoms with E-state index in [1.807, 2.05) is 102 Å². The van der Waals surface area contributed by atoms with Crippen LogP contribution in [0.1, 0.15) is 170 Å². The number of hydrogen-bond donors (Lipinski definition) is 4. The van der Waals surface area contributed by atoms with Gasteiger partial charge in [0.05, 0.1) is 95.0 Å². The molecule has 6 aromatic carbocycles. The maximum absolute atomic E-state index is 11.5. The smallest absolute Gasteiger partial charge is 0.336 e. The molecule has 5 atom stereocenters. The number of carbonyl (C=O) groups is 5. The summed E-state index contributed by atoms with van der Waals surface area (Å²) in [6, 6.07) is 54.2. The molecule has 0 fully saturated rings. The van der Waals surface area contributed by atoms with Gasteiger partial charge in [-0.25, -0.2) is 14.8 Å². The number of carboxylic acid groups (broad SMARTS) is 1. The SMILES string of the molecule is COC(C)=O.Cc1cccc2c(Br)nc(Br)cc12.Cc1cccc2c(Br)nc(C(C)C#N)cc12.Cc1cccc2c(C)nc(C(C)C#N)cc12.Cc1nc(C(C)C#N)cc2c(C(=O)O)cccc12.Cc1nc(C(C)C#N)cc2c(C(N)=O)cccc12.Cc1nc(C(C)C(N)=O)cc2c(C(N)=O)cccc12.[Rn].[Rn].[Rn].[Rn]. The van der Waals surface area contributed by atoms with Gasteiger partial charge in [0.25, 0.3) is 0 Å². The van der Waals surface area contributed by atoms with Gasteiger partial charge in [-0.2, -0.15) is 21.0 Å². The topological polar surface area (TPSA) is 365 Å². The Hall–Kier alpha value is -3.00. The largest absolute Gasteiger partial charge is 0.478 e. The molecule has 3 amide bonds. The van der Waals surface area contributed by atoms with E-state index in [4.69, 9.17) is 38.2 Å². The van der Waals surface area contributed by atoms with Crippen molar-refractivity contribution in [3.8, 4) is 24.3 Å². The number of halogens is 3. The van der Waals surface area contributed by atoms with Crippen LogP contribution in [0.2, 0.25) is 0 Å². The van der Waals surface area contributed by atoms with Crippen LogP contribution in [0.4, 0.5) is 0 Å². The molecule has 6 aromatic heterocycles. The second-order valence-corrected chi connectivity index (χ2v) is 26.9. The van der Waals surface area contributed by atoms with E-state index in [0.717, 1.165) is 85.7 Å². The third-order valence-corrected chi connectivity index (χ3v) is 18.7. The van der Waals surface area contributed by atoms with Crippen LogP contribution in [0.25, 0.3) is 64.6 Å². The predicted octanol–water partition coefficient (Wildman–Crippen LogP) is 18.0. The van der Waals surface area contributed by atoms with Gasteiger partial charge < -0.3 is 27.0 Å². The number of nitriles is 4. The van der Waals surface area contributed by atoms with Crippen molar-refractivity contribution in [2.45, 2.75) is 120 Å². The molecule has 0 bridgehead atoms. The standard InChI is InChI=1S/C14H15N3O2.C14H13N3O.C14H12N2O2.C14H14N2.C13H11BrN2.C10H7Br2N.C3H6O2.4Rn/c1-7(13(15)18)12-6-11-9(8(2)17-12)4-3-5-10(11)14(16)19;1-8(7-15)13-6-12-10(9(2)17-13)4-3-5-11(12)14(16)18;1-8(7-15)13-6-12-10(9(2)16-13)4-3-5-11(12)14(17)18;1-9-5-4-6-12-11(3)16-14(7-13(9)12)10(2)8-15;1-8-4-3-5-10-11(8)6-12(9(2)7-15)16-13(10)14;1-6-3-2-4-7-8(6)5-9(11)13-10(7)12;1-3(4)5-2;;;;/h3-7H,1-2H3,(H2,15,18)(H2,16,19);3-6,8H,1-2H3,(H2,16,18);3-6,8H,1-2H3,(H,17,18);4-7,10H,1-3H3;3-6,9H,1-2H3;2-5H,1H3;1-2H3;;;;. The molecule has 0 saturated carbocycles. The number of primary amides is 3. The molecule has 0 spiro atoms.